The van der Waals surface area contributed by atoms with Gasteiger partial charge in [0.05, 0.1) is 74.6 Å². The van der Waals surface area contributed by atoms with Gasteiger partial charge in [-0.2, -0.15) is 0 Å². The first kappa shape index (κ1) is 91.2. The summed E-state index contributed by atoms with van der Waals surface area (Å²) in [5.74, 6) is 12.9. The lowest BCUT2D eigenvalue weighted by Crippen LogP contribution is -2.35. The van der Waals surface area contributed by atoms with Crippen molar-refractivity contribution in [3.63, 3.8) is 0 Å². The highest BCUT2D eigenvalue weighted by molar-refractivity contribution is 5.71. The molecule has 0 saturated heterocycles. The van der Waals surface area contributed by atoms with Crippen LogP contribution in [0, 0.1) is 0 Å². The summed E-state index contributed by atoms with van der Waals surface area (Å²) in [5, 5.41) is 52.9. The van der Waals surface area contributed by atoms with Gasteiger partial charge in [0.2, 0.25) is 11.5 Å². The zero-order chi connectivity index (χ0) is 94.0. The quantitative estimate of drug-likeness (QED) is 0.0855. The van der Waals surface area contributed by atoms with Crippen LogP contribution >= 0.6 is 0 Å². The molecule has 0 spiro atoms. The number of fused-ring (bicyclic) bond motifs is 4. The van der Waals surface area contributed by atoms with Crippen LogP contribution in [-0.4, -0.2) is 179 Å². The van der Waals surface area contributed by atoms with Crippen molar-refractivity contribution in [2.75, 3.05) is 124 Å². The average molecular weight is 1840 g/mol. The van der Waals surface area contributed by atoms with Crippen molar-refractivity contribution < 1.29 is 87.1 Å². The molecule has 24 heteroatoms. The van der Waals surface area contributed by atoms with E-state index >= 15 is 0 Å². The van der Waals surface area contributed by atoms with Gasteiger partial charge in [0, 0.05) is 114 Å². The molecule has 0 unspecified atom stereocenters. The van der Waals surface area contributed by atoms with E-state index in [-0.39, 0.29) is 68.4 Å². The van der Waals surface area contributed by atoms with E-state index in [1.807, 2.05) is 72.8 Å². The smallest absolute Gasteiger partial charge is 0.212 e. The van der Waals surface area contributed by atoms with E-state index in [0.717, 1.165) is 188 Å². The van der Waals surface area contributed by atoms with Crippen molar-refractivity contribution >= 4 is 0 Å². The maximum Gasteiger partial charge on any atom is 0.212 e. The Morgan fingerprint density at radius 1 is 0.272 bits per heavy atom. The summed E-state index contributed by atoms with van der Waals surface area (Å²) >= 11 is 0. The van der Waals surface area contributed by atoms with Crippen molar-refractivity contribution in [2.45, 2.75) is 140 Å². The van der Waals surface area contributed by atoms with Crippen LogP contribution < -0.4 is 61.6 Å². The minimum Gasteiger partial charge on any atom is -0.504 e. The summed E-state index contributed by atoms with van der Waals surface area (Å²) in [6.07, 6.45) is 9.64. The number of likely N-dealkylation sites (N-methyl/N-ethyl adjacent to an activating group) is 6. The van der Waals surface area contributed by atoms with Crippen molar-refractivity contribution in [2.24, 2.45) is 0 Å². The number of phenols is 1. The molecule has 5 N–H and O–H groups in total. The fraction of sp³-hybridized carbons (Fsp3) is 0.357. The van der Waals surface area contributed by atoms with Gasteiger partial charge in [-0.05, 0) is 312 Å². The second-order valence-corrected chi connectivity index (χ2v) is 37.6. The van der Waals surface area contributed by atoms with Gasteiger partial charge in [-0.15, -0.1) is 0 Å². The Kier molecular flexibility index (Phi) is 25.9. The number of benzene rings is 12. The number of aromatic hydroxyl groups is 1. The Balaban J connectivity index is 0.000000126. The third kappa shape index (κ3) is 17.3. The van der Waals surface area contributed by atoms with Crippen molar-refractivity contribution in [1.29, 1.82) is 0 Å². The van der Waals surface area contributed by atoms with Gasteiger partial charge < -0.3 is 87.1 Å². The number of hydrogen-bond acceptors (Lipinski definition) is 24. The highest BCUT2D eigenvalue weighted by Crippen LogP contribution is 2.60. The summed E-state index contributed by atoms with van der Waals surface area (Å²) in [4.78, 5) is 14.2. The Hall–Kier alpha value is -12.6. The second-order valence-electron chi connectivity index (χ2n) is 37.6. The maximum atomic E-state index is 10.7. The maximum absolute atomic E-state index is 10.7. The minimum absolute atomic E-state index is 0.0320. The lowest BCUT2D eigenvalue weighted by Gasteiger charge is -2.39. The van der Waals surface area contributed by atoms with Gasteiger partial charge in [0.1, 0.15) is 40.2 Å². The fourth-order valence-corrected chi connectivity index (χ4v) is 22.3. The van der Waals surface area contributed by atoms with Crippen LogP contribution in [-0.2, 0) is 103 Å². The highest BCUT2D eigenvalue weighted by Gasteiger charge is 2.43. The number of aliphatic hydroxyl groups is 4. The molecule has 706 valence electrons. The zero-order valence-electron chi connectivity index (χ0n) is 79.5. The molecule has 0 aliphatic carbocycles. The first-order valence-corrected chi connectivity index (χ1v) is 47.3. The molecular weight excluding hydrogens is 1720 g/mol. The van der Waals surface area contributed by atoms with Crippen LogP contribution in [0.1, 0.15) is 159 Å². The molecule has 15 aliphatic rings. The molecule has 17 bridgehead atoms. The van der Waals surface area contributed by atoms with E-state index in [9.17, 15) is 25.5 Å². The molecule has 0 aromatic heterocycles. The van der Waals surface area contributed by atoms with Crippen LogP contribution in [0.4, 0.5) is 0 Å². The van der Waals surface area contributed by atoms with Crippen molar-refractivity contribution in [3.05, 3.63) is 298 Å². The lowest BCUT2D eigenvalue weighted by atomic mass is 9.84. The monoisotopic (exact) mass is 1840 g/mol. The predicted molar refractivity (Wildman–Crippen MR) is 519 cm³/mol. The predicted octanol–water partition coefficient (Wildman–Crippen LogP) is 19.2. The van der Waals surface area contributed by atoms with Gasteiger partial charge in [-0.1, -0.05) is 60.7 Å². The lowest BCUT2D eigenvalue weighted by molar-refractivity contribution is 0.214. The van der Waals surface area contributed by atoms with E-state index in [1.54, 1.807) is 48.7 Å². The molecule has 0 amide bonds. The molecule has 0 radical (unpaired) electrons. The Labute approximate surface area is 795 Å². The van der Waals surface area contributed by atoms with Crippen molar-refractivity contribution in [3.8, 4) is 121 Å². The number of phenolic OH excluding ortho intramolecular Hbond substituents is 1. The number of rotatable bonds is 10. The normalized spacial score (nSPS) is 19.6. The molecule has 0 saturated carbocycles. The van der Waals surface area contributed by atoms with Gasteiger partial charge in [-0.25, -0.2) is 0 Å². The minimum atomic E-state index is -0.202. The molecule has 15 heterocycles. The SMILES string of the molecule is COc1cc2c3c(c1CO)Oc1ccc(cc1)C[C@@H]1c4c(cc(CO)c(OC)c4Oc4ccc(cc4)C[C@H]3N(C)CC2)CCN1C.COc1cc2c3c4c1Oc1cc5c(cc1O4)[C@H](Cc1ccc(O)c(c1)Oc1ccc(cc1)C[C@@H]3N(C)CC2)N(C)CC5.COc1ccc2cc1Oc1ccc(cc1)C[C@H]1c3cc(c(CO)cc3CCN1C)Oc1c(OC)c(OC)c(CO)c3c1[C@H](C2)N(C)CC3. The number of nitrogens with zero attached hydrogens (tertiary/aromatic N) is 6. The van der Waals surface area contributed by atoms with Crippen LogP contribution in [0.25, 0.3) is 0 Å². The molecule has 12 aromatic rings. The first-order valence-electron chi connectivity index (χ1n) is 47.3. The number of hydrogen-bond donors (Lipinski definition) is 5. The van der Waals surface area contributed by atoms with Gasteiger partial charge in [-0.3, -0.25) is 29.4 Å². The highest BCUT2D eigenvalue weighted by atomic mass is 16.6. The first-order chi connectivity index (χ1) is 66.2. The van der Waals surface area contributed by atoms with Crippen LogP contribution in [0.15, 0.2) is 176 Å². The third-order valence-corrected chi connectivity index (χ3v) is 29.8. The van der Waals surface area contributed by atoms with Crippen LogP contribution in [0.2, 0.25) is 0 Å². The summed E-state index contributed by atoms with van der Waals surface area (Å²) in [6, 6.07) is 59.8. The molecule has 15 aliphatic heterocycles. The third-order valence-electron chi connectivity index (χ3n) is 29.8. The van der Waals surface area contributed by atoms with Crippen molar-refractivity contribution in [1.82, 2.24) is 29.4 Å². The summed E-state index contributed by atoms with van der Waals surface area (Å²) < 4.78 is 81.9. The number of ether oxygens (including phenoxy) is 13. The summed E-state index contributed by atoms with van der Waals surface area (Å²) in [7, 11) is 22.7. The number of methoxy groups -OCH3 is 6. The molecule has 27 rings (SSSR count). The fourth-order valence-electron chi connectivity index (χ4n) is 22.3. The number of aliphatic hydroxyl groups excluding tert-OH is 4. The van der Waals surface area contributed by atoms with Gasteiger partial charge in [0.15, 0.2) is 69.0 Å². The molecule has 136 heavy (non-hydrogen) atoms. The largest absolute Gasteiger partial charge is 0.504 e. The average Bonchev–Trinajstić information content (AvgIpc) is 0.764. The van der Waals surface area contributed by atoms with Crippen LogP contribution in [0.3, 0.4) is 0 Å². The van der Waals surface area contributed by atoms with E-state index in [4.69, 9.17) is 61.6 Å². The van der Waals surface area contributed by atoms with E-state index < -0.39 is 0 Å². The van der Waals surface area contributed by atoms with Gasteiger partial charge in [0.25, 0.3) is 0 Å². The molecule has 12 aromatic carbocycles. The molecule has 6 atom stereocenters. The zero-order valence-corrected chi connectivity index (χ0v) is 79.5. The standard InChI is InChI=1S/C39H44N2O7.C38H42N2O6.C35H34N2O5/c1-40-14-12-25-19-26(21-42)34-20-29(25)31(40)16-23-6-9-27(10-7-23)47-35-18-24(8-11-33(35)44-3)17-32-36-28(13-15-41(32)2)30(22-43)37(45-4)39(46-5)38(36)48-34;1-39-16-14-26-20-33(43-3)30(22-42)37-34(26)31(39)17-23-7-11-29(12-8-23)46-38-35-25(19-27(21-41)36(38)44-4)13-15-40(2)32(35)18-24-5-9-28(45-37)10-6-24;1-36-12-10-22-17-30-31-19-25(22)26(36)15-21-6-9-28(38)29(16-21)40-24-7-4-20(5-8-24)14-27-33-23(11-13-37(27)2)18-32(39-3)34(41-30)35(33)42-31/h6-11,18-20,31-32,42-43H,12-17,21-22H2,1-5H3;5-12,19-20,31-32,41-42H,13-18,21-22H2,1-4H3;4-9,16-19,26-27,38H,10-15H2,1-3H3/t2*31-,32-;26-,27-/m010/s1. The Bertz CT molecular complexity index is 6380. The topological polar surface area (TPSA) is 241 Å². The second kappa shape index (κ2) is 38.5. The van der Waals surface area contributed by atoms with Gasteiger partial charge >= 0.3 is 0 Å². The Morgan fingerprint density at radius 3 is 1.17 bits per heavy atom. The molecule has 0 fully saturated rings. The Morgan fingerprint density at radius 2 is 0.647 bits per heavy atom. The summed E-state index contributed by atoms with van der Waals surface area (Å²) in [5.41, 5.74) is 23.4. The van der Waals surface area contributed by atoms with E-state index in [1.165, 1.54) is 50.1 Å². The van der Waals surface area contributed by atoms with E-state index in [0.29, 0.717) is 116 Å². The molecular formula is C112H120N6O18. The van der Waals surface area contributed by atoms with E-state index in [2.05, 4.69) is 169 Å². The van der Waals surface area contributed by atoms with Crippen LogP contribution in [0.5, 0.6) is 121 Å². The summed E-state index contributed by atoms with van der Waals surface area (Å²) in [6.45, 7) is 4.67. The molecule has 24 nitrogen and oxygen atoms in total.